The molecule has 3 nitrogen and oxygen atoms in total. The van der Waals surface area contributed by atoms with Crippen LogP contribution in [0.2, 0.25) is 10.0 Å². The average Bonchev–Trinajstić information content (AvgIpc) is 2.65. The van der Waals surface area contributed by atoms with E-state index in [2.05, 4.69) is 5.32 Å². The molecule has 0 aliphatic heterocycles. The van der Waals surface area contributed by atoms with Gasteiger partial charge in [-0.2, -0.15) is 13.2 Å². The number of halogens is 5. The zero-order valence-electron chi connectivity index (χ0n) is 15.5. The number of benzene rings is 2. The number of rotatable bonds is 8. The van der Waals surface area contributed by atoms with Crippen molar-refractivity contribution in [3.05, 3.63) is 62.6 Å². The first kappa shape index (κ1) is 24.2. The number of nitrogens with one attached hydrogen (secondary N) is 1. The van der Waals surface area contributed by atoms with Crippen LogP contribution in [0.4, 0.5) is 13.2 Å². The maximum absolute atomic E-state index is 13.5. The van der Waals surface area contributed by atoms with Gasteiger partial charge in [0.25, 0.3) is 5.91 Å². The average molecular weight is 484 g/mol. The number of hydrogen-bond donors (Lipinski definition) is 1. The summed E-state index contributed by atoms with van der Waals surface area (Å²) < 4.78 is 45.4. The van der Waals surface area contributed by atoms with Crippen molar-refractivity contribution in [3.8, 4) is 0 Å². The molecule has 29 heavy (non-hydrogen) atoms. The topological polar surface area (TPSA) is 38.3 Å². The summed E-state index contributed by atoms with van der Waals surface area (Å²) in [5.41, 5.74) is -0.595. The maximum atomic E-state index is 13.5. The van der Waals surface area contributed by atoms with Gasteiger partial charge in [0.15, 0.2) is 0 Å². The van der Waals surface area contributed by atoms with E-state index in [0.717, 1.165) is 34.3 Å². The van der Waals surface area contributed by atoms with Crippen molar-refractivity contribution in [1.29, 1.82) is 0 Å². The van der Waals surface area contributed by atoms with E-state index >= 15 is 0 Å². The van der Waals surface area contributed by atoms with E-state index < -0.39 is 17.6 Å². The van der Waals surface area contributed by atoms with E-state index in [4.69, 9.17) is 27.4 Å². The molecule has 0 bridgehead atoms. The van der Waals surface area contributed by atoms with Gasteiger partial charge in [-0.25, -0.2) is 0 Å². The summed E-state index contributed by atoms with van der Waals surface area (Å²) >= 11 is 14.6. The number of thioether (sulfide) groups is 1. The lowest BCUT2D eigenvalue weighted by Crippen LogP contribution is -2.24. The normalized spacial score (nSPS) is 11.6. The number of carbonyl (C=O) groups excluding carboxylic acids is 1. The van der Waals surface area contributed by atoms with Gasteiger partial charge in [0.2, 0.25) is 0 Å². The lowest BCUT2D eigenvalue weighted by Gasteiger charge is -2.16. The van der Waals surface area contributed by atoms with E-state index in [1.165, 1.54) is 6.07 Å². The highest BCUT2D eigenvalue weighted by Gasteiger charge is 2.35. The highest BCUT2D eigenvalue weighted by Crippen LogP contribution is 2.37. The van der Waals surface area contributed by atoms with Crippen LogP contribution in [0.15, 0.2) is 35.2 Å². The van der Waals surface area contributed by atoms with Gasteiger partial charge >= 0.3 is 6.18 Å². The molecule has 2 aromatic carbocycles. The largest absolute Gasteiger partial charge is 0.416 e. The van der Waals surface area contributed by atoms with Crippen LogP contribution in [0.5, 0.6) is 0 Å². The second-order valence-electron chi connectivity index (χ2n) is 5.78. The lowest BCUT2D eigenvalue weighted by molar-refractivity contribution is -0.138. The third-order valence-electron chi connectivity index (χ3n) is 3.85. The third kappa shape index (κ3) is 6.72. The van der Waals surface area contributed by atoms with Crippen LogP contribution < -0.4 is 5.32 Å². The van der Waals surface area contributed by atoms with Crippen LogP contribution in [0.1, 0.15) is 34.0 Å². The van der Waals surface area contributed by atoms with E-state index in [0.29, 0.717) is 5.02 Å². The molecule has 0 fully saturated rings. The van der Waals surface area contributed by atoms with E-state index in [1.807, 2.05) is 13.0 Å². The predicted octanol–water partition coefficient (Wildman–Crippen LogP) is 6.85. The lowest BCUT2D eigenvalue weighted by atomic mass is 10.0. The van der Waals surface area contributed by atoms with Crippen molar-refractivity contribution in [2.45, 2.75) is 31.1 Å². The van der Waals surface area contributed by atoms with Gasteiger partial charge in [-0.1, -0.05) is 30.1 Å². The first-order valence-corrected chi connectivity index (χ1v) is 11.3. The van der Waals surface area contributed by atoms with E-state index in [9.17, 15) is 18.0 Å². The van der Waals surface area contributed by atoms with Crippen molar-refractivity contribution in [1.82, 2.24) is 5.32 Å². The Morgan fingerprint density at radius 2 is 1.93 bits per heavy atom. The van der Waals surface area contributed by atoms with Gasteiger partial charge in [0, 0.05) is 38.9 Å². The van der Waals surface area contributed by atoms with E-state index in [1.54, 1.807) is 30.2 Å². The molecular formula is C19H18Cl2F3NO2S2. The zero-order valence-corrected chi connectivity index (χ0v) is 18.7. The number of carbonyl (C=O) groups is 1. The Bertz CT molecular complexity index is 879. The molecule has 0 spiro atoms. The SMILES string of the molecule is CCSc1ccc(Cl)cc1CNC(=O)c1cc(Cl)c(COSC)c(C(F)(F)F)c1. The maximum Gasteiger partial charge on any atom is 0.416 e. The van der Waals surface area contributed by atoms with Gasteiger partial charge in [-0.3, -0.25) is 4.79 Å². The standard InChI is InChI=1S/C19H18Cl2F3NO2S2/c1-3-29-17-5-4-13(20)6-12(17)9-25-18(26)11-7-15(19(22,23)24)14(10-27-28-2)16(21)8-11/h4-8H,3,9-10H2,1-2H3,(H,25,26). The second kappa shape index (κ2) is 10.8. The van der Waals surface area contributed by atoms with Crippen molar-refractivity contribution in [3.63, 3.8) is 0 Å². The van der Waals surface area contributed by atoms with E-state index in [-0.39, 0.29) is 29.3 Å². The quantitative estimate of drug-likeness (QED) is 0.329. The van der Waals surface area contributed by atoms with Crippen LogP contribution in [0.25, 0.3) is 0 Å². The fraction of sp³-hybridized carbons (Fsp3) is 0.316. The minimum absolute atomic E-state index is 0.123. The monoisotopic (exact) mass is 483 g/mol. The highest BCUT2D eigenvalue weighted by atomic mass is 35.5. The van der Waals surface area contributed by atoms with Crippen LogP contribution in [0, 0.1) is 0 Å². The zero-order chi connectivity index (χ0) is 21.6. The molecule has 0 atom stereocenters. The van der Waals surface area contributed by atoms with Crippen molar-refractivity contribution < 1.29 is 22.1 Å². The first-order chi connectivity index (χ1) is 13.7. The fourth-order valence-corrected chi connectivity index (χ4v) is 4.04. The molecule has 0 radical (unpaired) electrons. The smallest absolute Gasteiger partial charge is 0.348 e. The number of hydrogen-bond acceptors (Lipinski definition) is 4. The fourth-order valence-electron chi connectivity index (χ4n) is 2.55. The molecule has 0 heterocycles. The molecule has 1 N–H and O–H groups in total. The highest BCUT2D eigenvalue weighted by molar-refractivity contribution is 7.99. The molecule has 0 saturated carbocycles. The molecule has 0 aliphatic rings. The van der Waals surface area contributed by atoms with Gasteiger partial charge in [0.1, 0.15) is 0 Å². The number of alkyl halides is 3. The molecule has 2 aromatic rings. The molecule has 158 valence electrons. The van der Waals surface area contributed by atoms with Gasteiger partial charge < -0.3 is 9.50 Å². The summed E-state index contributed by atoms with van der Waals surface area (Å²) in [4.78, 5) is 13.5. The van der Waals surface area contributed by atoms with Crippen LogP contribution in [0.3, 0.4) is 0 Å². The first-order valence-electron chi connectivity index (χ1n) is 8.42. The Hall–Kier alpha value is -1.06. The number of amides is 1. The molecule has 0 aromatic heterocycles. The Kier molecular flexibility index (Phi) is 9.03. The van der Waals surface area contributed by atoms with Crippen molar-refractivity contribution in [2.24, 2.45) is 0 Å². The molecule has 0 unspecified atom stereocenters. The van der Waals surface area contributed by atoms with Gasteiger partial charge in [-0.15, -0.1) is 11.8 Å². The van der Waals surface area contributed by atoms with Crippen LogP contribution >= 0.6 is 47.0 Å². The molecule has 1 amide bonds. The molecule has 2 rings (SSSR count). The Morgan fingerprint density at radius 3 is 2.55 bits per heavy atom. The Labute approximate surface area is 185 Å². The molecule has 10 heteroatoms. The van der Waals surface area contributed by atoms with Crippen molar-refractivity contribution in [2.75, 3.05) is 12.0 Å². The molecule has 0 aliphatic carbocycles. The van der Waals surface area contributed by atoms with Gasteiger partial charge in [0.05, 0.1) is 12.2 Å². The summed E-state index contributed by atoms with van der Waals surface area (Å²) in [5.74, 6) is 0.161. The summed E-state index contributed by atoms with van der Waals surface area (Å²) in [5, 5.41) is 2.97. The molecular weight excluding hydrogens is 466 g/mol. The van der Waals surface area contributed by atoms with Gasteiger partial charge in [-0.05, 0) is 53.7 Å². The predicted molar refractivity (Wildman–Crippen MR) is 114 cm³/mol. The minimum Gasteiger partial charge on any atom is -0.348 e. The van der Waals surface area contributed by atoms with Crippen LogP contribution in [-0.4, -0.2) is 17.9 Å². The second-order valence-corrected chi connectivity index (χ2v) is 8.50. The molecule has 0 saturated heterocycles. The Morgan fingerprint density at radius 1 is 1.21 bits per heavy atom. The van der Waals surface area contributed by atoms with Crippen molar-refractivity contribution >= 4 is 52.9 Å². The summed E-state index contributed by atoms with van der Waals surface area (Å²) in [6, 6.07) is 7.31. The van der Waals surface area contributed by atoms with Crippen LogP contribution in [-0.2, 0) is 23.5 Å². The summed E-state index contributed by atoms with van der Waals surface area (Å²) in [6.45, 7) is 1.79. The summed E-state index contributed by atoms with van der Waals surface area (Å²) in [6.07, 6.45) is -3.08. The minimum atomic E-state index is -4.67. The summed E-state index contributed by atoms with van der Waals surface area (Å²) in [7, 11) is 0. The Balaban J connectivity index is 2.27. The third-order valence-corrected chi connectivity index (χ3v) is 5.77.